The molecule has 0 amide bonds. The van der Waals surface area contributed by atoms with Gasteiger partial charge in [-0.2, -0.15) is 0 Å². The van der Waals surface area contributed by atoms with Gasteiger partial charge in [-0.3, -0.25) is 0 Å². The maximum atomic E-state index is 10.2. The quantitative estimate of drug-likeness (QED) is 0.578. The van der Waals surface area contributed by atoms with Crippen LogP contribution in [0.2, 0.25) is 5.02 Å². The lowest BCUT2D eigenvalue weighted by atomic mass is 10.2. The molecule has 16 heavy (non-hydrogen) atoms. The van der Waals surface area contributed by atoms with Crippen LogP contribution in [0.15, 0.2) is 36.9 Å². The minimum Gasteiger partial charge on any atom is -0.545 e. The third-order valence-electron chi connectivity index (χ3n) is 1.72. The van der Waals surface area contributed by atoms with Crippen LogP contribution < -0.4 is 9.84 Å². The first-order valence-corrected chi connectivity index (χ1v) is 4.93. The van der Waals surface area contributed by atoms with Gasteiger partial charge < -0.3 is 14.6 Å². The molecule has 1 aromatic carbocycles. The van der Waals surface area contributed by atoms with E-state index in [9.17, 15) is 9.90 Å². The Labute approximate surface area is 98.6 Å². The fourth-order valence-electron chi connectivity index (χ4n) is 1.05. The van der Waals surface area contributed by atoms with Gasteiger partial charge in [0.1, 0.15) is 12.4 Å². The van der Waals surface area contributed by atoms with E-state index in [2.05, 4.69) is 6.58 Å². The van der Waals surface area contributed by atoms with Crippen LogP contribution in [0.1, 0.15) is 5.56 Å². The molecular formula is C12H10ClO3-. The Hall–Kier alpha value is -1.74. The number of carbonyl (C=O) groups is 1. The van der Waals surface area contributed by atoms with Crippen LogP contribution in [0.25, 0.3) is 6.08 Å². The van der Waals surface area contributed by atoms with Gasteiger partial charge in [0, 0.05) is 0 Å². The summed E-state index contributed by atoms with van der Waals surface area (Å²) in [7, 11) is 0. The Bertz CT molecular complexity index is 424. The summed E-state index contributed by atoms with van der Waals surface area (Å²) >= 11 is 5.92. The van der Waals surface area contributed by atoms with Crippen molar-refractivity contribution < 1.29 is 14.6 Å². The number of benzene rings is 1. The molecule has 0 heterocycles. The summed E-state index contributed by atoms with van der Waals surface area (Å²) in [6.07, 6.45) is 3.95. The monoisotopic (exact) mass is 237 g/mol. The van der Waals surface area contributed by atoms with E-state index >= 15 is 0 Å². The van der Waals surface area contributed by atoms with Gasteiger partial charge in [0.15, 0.2) is 0 Å². The largest absolute Gasteiger partial charge is 0.545 e. The third-order valence-corrected chi connectivity index (χ3v) is 2.02. The number of carboxylic acids is 1. The normalized spacial score (nSPS) is 10.3. The average molecular weight is 238 g/mol. The third kappa shape index (κ3) is 3.79. The van der Waals surface area contributed by atoms with Crippen molar-refractivity contribution in [3.05, 3.63) is 47.5 Å². The Balaban J connectivity index is 2.82. The smallest absolute Gasteiger partial charge is 0.138 e. The number of ether oxygens (including phenoxy) is 1. The molecule has 4 heteroatoms. The van der Waals surface area contributed by atoms with E-state index in [4.69, 9.17) is 16.3 Å². The molecule has 0 saturated carbocycles. The van der Waals surface area contributed by atoms with Gasteiger partial charge in [0.25, 0.3) is 0 Å². The zero-order valence-corrected chi connectivity index (χ0v) is 9.24. The van der Waals surface area contributed by atoms with Crippen LogP contribution in [0, 0.1) is 0 Å². The summed E-state index contributed by atoms with van der Waals surface area (Å²) in [5.41, 5.74) is 0.667. The second kappa shape index (κ2) is 5.98. The van der Waals surface area contributed by atoms with Crippen molar-refractivity contribution in [2.75, 3.05) is 6.61 Å². The van der Waals surface area contributed by atoms with Crippen molar-refractivity contribution >= 4 is 23.6 Å². The highest BCUT2D eigenvalue weighted by Gasteiger charge is 2.00. The lowest BCUT2D eigenvalue weighted by Crippen LogP contribution is -2.18. The maximum Gasteiger partial charge on any atom is 0.138 e. The molecule has 0 spiro atoms. The molecule has 0 unspecified atom stereocenters. The average Bonchev–Trinajstić information content (AvgIpc) is 2.25. The number of halogens is 1. The molecule has 0 aromatic heterocycles. The maximum absolute atomic E-state index is 10.2. The van der Waals surface area contributed by atoms with Crippen molar-refractivity contribution in [1.29, 1.82) is 0 Å². The lowest BCUT2D eigenvalue weighted by Gasteiger charge is -2.06. The van der Waals surface area contributed by atoms with Crippen molar-refractivity contribution in [1.82, 2.24) is 0 Å². The van der Waals surface area contributed by atoms with Gasteiger partial charge in [0.2, 0.25) is 0 Å². The van der Waals surface area contributed by atoms with Gasteiger partial charge >= 0.3 is 0 Å². The summed E-state index contributed by atoms with van der Waals surface area (Å²) in [4.78, 5) is 10.2. The summed E-state index contributed by atoms with van der Waals surface area (Å²) < 4.78 is 5.26. The van der Waals surface area contributed by atoms with E-state index in [-0.39, 0.29) is 0 Å². The summed E-state index contributed by atoms with van der Waals surface area (Å²) in [5.74, 6) is -0.713. The van der Waals surface area contributed by atoms with Crippen LogP contribution in [-0.4, -0.2) is 12.6 Å². The van der Waals surface area contributed by atoms with E-state index in [0.717, 1.165) is 6.08 Å². The lowest BCUT2D eigenvalue weighted by molar-refractivity contribution is -0.297. The first-order valence-electron chi connectivity index (χ1n) is 4.56. The molecule has 0 aliphatic rings. The minimum absolute atomic E-state index is 0.369. The molecule has 3 nitrogen and oxygen atoms in total. The second-order valence-electron chi connectivity index (χ2n) is 2.94. The molecule has 1 aromatic rings. The first-order chi connectivity index (χ1) is 7.63. The van der Waals surface area contributed by atoms with E-state index in [1.165, 1.54) is 6.08 Å². The standard InChI is InChI=1S/C12H11ClO3/c1-2-7-16-11-5-3-9(8-10(11)13)4-6-12(14)15/h2-6,8H,1,7H2,(H,14,15)/p-1/b6-4+. The van der Waals surface area contributed by atoms with Crippen LogP contribution in [0.5, 0.6) is 5.75 Å². The van der Waals surface area contributed by atoms with Crippen LogP contribution in [-0.2, 0) is 4.79 Å². The van der Waals surface area contributed by atoms with E-state index in [0.29, 0.717) is 22.9 Å². The van der Waals surface area contributed by atoms with Crippen molar-refractivity contribution in [2.45, 2.75) is 0 Å². The zero-order chi connectivity index (χ0) is 12.0. The summed E-state index contributed by atoms with van der Waals surface area (Å²) in [5, 5.41) is 10.6. The topological polar surface area (TPSA) is 49.4 Å². The van der Waals surface area contributed by atoms with Gasteiger partial charge in [-0.25, -0.2) is 0 Å². The summed E-state index contributed by atoms with van der Waals surface area (Å²) in [6, 6.07) is 4.98. The molecule has 0 radical (unpaired) electrons. The van der Waals surface area contributed by atoms with Crippen molar-refractivity contribution in [2.24, 2.45) is 0 Å². The number of hydrogen-bond acceptors (Lipinski definition) is 3. The number of rotatable bonds is 5. The van der Waals surface area contributed by atoms with Gasteiger partial charge in [-0.1, -0.05) is 36.4 Å². The molecule has 84 valence electrons. The summed E-state index contributed by atoms with van der Waals surface area (Å²) in [6.45, 7) is 3.89. The highest BCUT2D eigenvalue weighted by atomic mass is 35.5. The Morgan fingerprint density at radius 2 is 2.31 bits per heavy atom. The van der Waals surface area contributed by atoms with Gasteiger partial charge in [-0.15, -0.1) is 0 Å². The highest BCUT2D eigenvalue weighted by Crippen LogP contribution is 2.25. The highest BCUT2D eigenvalue weighted by molar-refractivity contribution is 6.32. The minimum atomic E-state index is -1.25. The number of carboxylic acid groups (broad SMARTS) is 1. The van der Waals surface area contributed by atoms with Crippen LogP contribution in [0.4, 0.5) is 0 Å². The van der Waals surface area contributed by atoms with Gasteiger partial charge in [0.05, 0.1) is 11.0 Å². The van der Waals surface area contributed by atoms with Crippen molar-refractivity contribution in [3.8, 4) is 5.75 Å². The second-order valence-corrected chi connectivity index (χ2v) is 3.35. The predicted octanol–water partition coefficient (Wildman–Crippen LogP) is 1.67. The molecule has 0 bridgehead atoms. The number of hydrogen-bond donors (Lipinski definition) is 0. The number of aliphatic carboxylic acids is 1. The molecule has 0 fully saturated rings. The number of carbonyl (C=O) groups excluding carboxylic acids is 1. The fraction of sp³-hybridized carbons (Fsp3) is 0.0833. The molecule has 0 atom stereocenters. The van der Waals surface area contributed by atoms with Crippen LogP contribution >= 0.6 is 11.6 Å². The Morgan fingerprint density at radius 1 is 1.56 bits per heavy atom. The van der Waals surface area contributed by atoms with Crippen molar-refractivity contribution in [3.63, 3.8) is 0 Å². The van der Waals surface area contributed by atoms with E-state index < -0.39 is 5.97 Å². The molecule has 1 rings (SSSR count). The predicted molar refractivity (Wildman–Crippen MR) is 61.2 cm³/mol. The first kappa shape index (κ1) is 12.3. The van der Waals surface area contributed by atoms with E-state index in [1.807, 2.05) is 0 Å². The molecule has 0 aliphatic heterocycles. The SMILES string of the molecule is C=CCOc1ccc(/C=C/C(=O)[O-])cc1Cl. The molecular weight excluding hydrogens is 228 g/mol. The zero-order valence-electron chi connectivity index (χ0n) is 8.48. The Morgan fingerprint density at radius 3 is 2.88 bits per heavy atom. The molecule has 0 saturated heterocycles. The van der Waals surface area contributed by atoms with Crippen LogP contribution in [0.3, 0.4) is 0 Å². The molecule has 0 N–H and O–H groups in total. The molecule has 0 aliphatic carbocycles. The van der Waals surface area contributed by atoms with Gasteiger partial charge in [-0.05, 0) is 23.8 Å². The van der Waals surface area contributed by atoms with E-state index in [1.54, 1.807) is 24.3 Å². The Kier molecular flexibility index (Phi) is 4.61. The fourth-order valence-corrected chi connectivity index (χ4v) is 1.29.